The standard InChI is InChI=1S/C14H20N4O2/c1-2-16-14(20)11-5-3-9(15)7-12(11)18-10-4-6-13(19)17-8-10/h3,5,7,10,18H,2,4,6,8,15H2,1H3,(H,16,20)(H,17,19). The molecule has 1 aromatic rings. The minimum Gasteiger partial charge on any atom is -0.399 e. The Balaban J connectivity index is 2.14. The van der Waals surface area contributed by atoms with E-state index in [1.165, 1.54) is 0 Å². The first kappa shape index (κ1) is 14.2. The second-order valence-corrected chi connectivity index (χ2v) is 4.85. The number of nitrogen functional groups attached to an aromatic ring is 1. The molecular formula is C14H20N4O2. The minimum atomic E-state index is -0.130. The highest BCUT2D eigenvalue weighted by molar-refractivity contribution is 6.00. The van der Waals surface area contributed by atoms with E-state index in [4.69, 9.17) is 5.73 Å². The van der Waals surface area contributed by atoms with Gasteiger partial charge in [-0.2, -0.15) is 0 Å². The van der Waals surface area contributed by atoms with Gasteiger partial charge in [0.05, 0.1) is 5.56 Å². The molecule has 2 rings (SSSR count). The van der Waals surface area contributed by atoms with Crippen LogP contribution in [0.2, 0.25) is 0 Å². The number of benzene rings is 1. The number of nitrogens with one attached hydrogen (secondary N) is 3. The van der Waals surface area contributed by atoms with E-state index in [0.717, 1.165) is 6.42 Å². The molecule has 2 amide bonds. The second-order valence-electron chi connectivity index (χ2n) is 4.85. The van der Waals surface area contributed by atoms with Crippen molar-refractivity contribution in [2.75, 3.05) is 24.1 Å². The number of anilines is 2. The Morgan fingerprint density at radius 1 is 1.50 bits per heavy atom. The summed E-state index contributed by atoms with van der Waals surface area (Å²) >= 11 is 0. The van der Waals surface area contributed by atoms with E-state index in [1.807, 2.05) is 6.92 Å². The van der Waals surface area contributed by atoms with Crippen LogP contribution < -0.4 is 21.7 Å². The maximum atomic E-state index is 12.0. The fourth-order valence-electron chi connectivity index (χ4n) is 2.21. The normalized spacial score (nSPS) is 18.2. The van der Waals surface area contributed by atoms with Gasteiger partial charge in [-0.1, -0.05) is 0 Å². The van der Waals surface area contributed by atoms with Crippen LogP contribution in [0.5, 0.6) is 0 Å². The fraction of sp³-hybridized carbons (Fsp3) is 0.429. The van der Waals surface area contributed by atoms with Crippen LogP contribution in [0.3, 0.4) is 0 Å². The van der Waals surface area contributed by atoms with E-state index in [9.17, 15) is 9.59 Å². The van der Waals surface area contributed by atoms with Gasteiger partial charge >= 0.3 is 0 Å². The summed E-state index contributed by atoms with van der Waals surface area (Å²) < 4.78 is 0. The first-order valence-electron chi connectivity index (χ1n) is 6.81. The van der Waals surface area contributed by atoms with Gasteiger partial charge in [0, 0.05) is 36.9 Å². The van der Waals surface area contributed by atoms with Gasteiger partial charge in [-0.15, -0.1) is 0 Å². The van der Waals surface area contributed by atoms with Crippen LogP contribution in [0, 0.1) is 0 Å². The van der Waals surface area contributed by atoms with Crippen LogP contribution in [0.15, 0.2) is 18.2 Å². The average molecular weight is 276 g/mol. The molecule has 0 radical (unpaired) electrons. The molecule has 1 unspecified atom stereocenters. The highest BCUT2D eigenvalue weighted by Gasteiger charge is 2.20. The lowest BCUT2D eigenvalue weighted by atomic mass is 10.0. The molecule has 1 atom stereocenters. The highest BCUT2D eigenvalue weighted by Crippen LogP contribution is 2.21. The topological polar surface area (TPSA) is 96.2 Å². The van der Waals surface area contributed by atoms with Gasteiger partial charge in [-0.25, -0.2) is 0 Å². The van der Waals surface area contributed by atoms with Gasteiger partial charge in [-0.3, -0.25) is 9.59 Å². The van der Waals surface area contributed by atoms with Crippen LogP contribution in [0.1, 0.15) is 30.1 Å². The zero-order valence-corrected chi connectivity index (χ0v) is 11.5. The van der Waals surface area contributed by atoms with E-state index in [1.54, 1.807) is 18.2 Å². The van der Waals surface area contributed by atoms with Crippen molar-refractivity contribution in [3.8, 4) is 0 Å². The lowest BCUT2D eigenvalue weighted by Gasteiger charge is -2.25. The molecule has 6 heteroatoms. The molecule has 1 fully saturated rings. The third-order valence-electron chi connectivity index (χ3n) is 3.25. The maximum Gasteiger partial charge on any atom is 0.253 e. The van der Waals surface area contributed by atoms with Gasteiger partial charge in [0.25, 0.3) is 5.91 Å². The second kappa shape index (κ2) is 6.27. The van der Waals surface area contributed by atoms with Crippen molar-refractivity contribution in [3.63, 3.8) is 0 Å². The van der Waals surface area contributed by atoms with Crippen molar-refractivity contribution < 1.29 is 9.59 Å². The summed E-state index contributed by atoms with van der Waals surface area (Å²) in [5.41, 5.74) is 7.66. The maximum absolute atomic E-state index is 12.0. The van der Waals surface area contributed by atoms with Crippen molar-refractivity contribution >= 4 is 23.2 Å². The Hall–Kier alpha value is -2.24. The Bertz CT molecular complexity index is 506. The van der Waals surface area contributed by atoms with Gasteiger partial charge in [0.15, 0.2) is 0 Å². The van der Waals surface area contributed by atoms with Crippen molar-refractivity contribution in [3.05, 3.63) is 23.8 Å². The van der Waals surface area contributed by atoms with E-state index in [-0.39, 0.29) is 17.9 Å². The molecule has 0 spiro atoms. The predicted octanol–water partition coefficient (Wildman–Crippen LogP) is 0.709. The Morgan fingerprint density at radius 2 is 2.30 bits per heavy atom. The molecule has 1 saturated heterocycles. The van der Waals surface area contributed by atoms with Crippen molar-refractivity contribution in [1.82, 2.24) is 10.6 Å². The van der Waals surface area contributed by atoms with Gasteiger partial charge < -0.3 is 21.7 Å². The molecule has 6 nitrogen and oxygen atoms in total. The monoisotopic (exact) mass is 276 g/mol. The Morgan fingerprint density at radius 3 is 2.95 bits per heavy atom. The fourth-order valence-corrected chi connectivity index (χ4v) is 2.21. The summed E-state index contributed by atoms with van der Waals surface area (Å²) in [5.74, 6) is -0.0607. The molecule has 1 aliphatic heterocycles. The number of rotatable bonds is 4. The zero-order valence-electron chi connectivity index (χ0n) is 11.5. The largest absolute Gasteiger partial charge is 0.399 e. The smallest absolute Gasteiger partial charge is 0.253 e. The summed E-state index contributed by atoms with van der Waals surface area (Å²) in [6, 6.07) is 5.28. The van der Waals surface area contributed by atoms with E-state index >= 15 is 0 Å². The number of hydrogen-bond donors (Lipinski definition) is 4. The minimum absolute atomic E-state index is 0.0691. The zero-order chi connectivity index (χ0) is 14.5. The molecule has 5 N–H and O–H groups in total. The molecule has 20 heavy (non-hydrogen) atoms. The van der Waals surface area contributed by atoms with Crippen LogP contribution in [-0.4, -0.2) is 30.9 Å². The van der Waals surface area contributed by atoms with Gasteiger partial charge in [0.1, 0.15) is 0 Å². The Labute approximate surface area is 118 Å². The molecule has 108 valence electrons. The lowest BCUT2D eigenvalue weighted by molar-refractivity contribution is -0.122. The summed E-state index contributed by atoms with van der Waals surface area (Å²) in [7, 11) is 0. The third kappa shape index (κ3) is 3.40. The summed E-state index contributed by atoms with van der Waals surface area (Å²) in [6.07, 6.45) is 1.24. The van der Waals surface area contributed by atoms with Crippen LogP contribution in [-0.2, 0) is 4.79 Å². The van der Waals surface area contributed by atoms with Crippen LogP contribution >= 0.6 is 0 Å². The Kier molecular flexibility index (Phi) is 4.45. The predicted molar refractivity (Wildman–Crippen MR) is 78.5 cm³/mol. The van der Waals surface area contributed by atoms with Crippen molar-refractivity contribution in [2.24, 2.45) is 0 Å². The number of hydrogen-bond acceptors (Lipinski definition) is 4. The van der Waals surface area contributed by atoms with Gasteiger partial charge in [-0.05, 0) is 31.5 Å². The number of piperidine rings is 1. The summed E-state index contributed by atoms with van der Waals surface area (Å²) in [5, 5.41) is 8.88. The highest BCUT2D eigenvalue weighted by atomic mass is 16.2. The molecule has 0 aliphatic carbocycles. The molecule has 0 aromatic heterocycles. The van der Waals surface area contributed by atoms with Crippen molar-refractivity contribution in [1.29, 1.82) is 0 Å². The van der Waals surface area contributed by atoms with Crippen LogP contribution in [0.25, 0.3) is 0 Å². The summed E-state index contributed by atoms with van der Waals surface area (Å²) in [6.45, 7) is 3.00. The van der Waals surface area contributed by atoms with Crippen molar-refractivity contribution in [2.45, 2.75) is 25.8 Å². The molecule has 0 saturated carbocycles. The summed E-state index contributed by atoms with van der Waals surface area (Å²) in [4.78, 5) is 23.2. The van der Waals surface area contributed by atoms with E-state index in [0.29, 0.717) is 36.4 Å². The number of carbonyl (C=O) groups excluding carboxylic acids is 2. The molecular weight excluding hydrogens is 256 g/mol. The number of nitrogens with two attached hydrogens (primary N) is 1. The molecule has 0 bridgehead atoms. The third-order valence-corrected chi connectivity index (χ3v) is 3.25. The van der Waals surface area contributed by atoms with Crippen LogP contribution in [0.4, 0.5) is 11.4 Å². The quantitative estimate of drug-likeness (QED) is 0.609. The first-order chi connectivity index (χ1) is 9.60. The number of carbonyl (C=O) groups is 2. The average Bonchev–Trinajstić information content (AvgIpc) is 2.42. The first-order valence-corrected chi connectivity index (χ1v) is 6.81. The van der Waals surface area contributed by atoms with E-state index in [2.05, 4.69) is 16.0 Å². The molecule has 1 aromatic carbocycles. The lowest BCUT2D eigenvalue weighted by Crippen LogP contribution is -2.42. The van der Waals surface area contributed by atoms with Gasteiger partial charge in [0.2, 0.25) is 5.91 Å². The SMILES string of the molecule is CCNC(=O)c1ccc(N)cc1NC1CCC(=O)NC1. The number of amides is 2. The molecule has 1 heterocycles. The van der Waals surface area contributed by atoms with E-state index < -0.39 is 0 Å². The molecule has 1 aliphatic rings.